The Bertz CT molecular complexity index is 6590. The van der Waals surface area contributed by atoms with Crippen LogP contribution in [0.15, 0.2) is 291 Å². The van der Waals surface area contributed by atoms with E-state index in [2.05, 4.69) is 146 Å². The predicted octanol–water partition coefficient (Wildman–Crippen LogP) is 19.8. The Labute approximate surface area is 649 Å². The van der Waals surface area contributed by atoms with Crippen LogP contribution < -0.4 is 19.9 Å². The molecule has 6 aromatic heterocycles. The van der Waals surface area contributed by atoms with Crippen LogP contribution in [0.25, 0.3) is 180 Å². The van der Waals surface area contributed by atoms with Gasteiger partial charge in [-0.15, -0.1) is 44.1 Å². The number of aliphatic hydroxyl groups is 2. The zero-order valence-corrected chi connectivity index (χ0v) is 60.3. The molecule has 5 unspecified atom stereocenters. The van der Waals surface area contributed by atoms with Gasteiger partial charge in [0.05, 0.1) is 56.5 Å². The van der Waals surface area contributed by atoms with Crippen molar-refractivity contribution in [2.45, 2.75) is 12.5 Å². The third-order valence-electron chi connectivity index (χ3n) is 23.0. The first-order valence-electron chi connectivity index (χ1n) is 36.3. The van der Waals surface area contributed by atoms with Crippen molar-refractivity contribution < 1.29 is 49.1 Å². The normalized spacial score (nSPS) is 18.3. The SMILES string of the molecule is CC12C(=O)C3=C(c4nc3c(-c3ccccc3)c3ccc([n-]3)c(-c3ccccc3)c3nc(c(-c5ccccc5)c5ccc([n-]5)c4-c4ccccc4)C=C3)C1C1C3=C(c4nc3c(-c3ccccc3)c3ccc([n-]3)c(-c3ccccc3)c3nc(c(-c5ccccc5)c5ccc([n-]5)c4-c4ccccc4)C=C3)C2(O)C1CO.[Cu+2].[Cu+2]. The summed E-state index contributed by atoms with van der Waals surface area (Å²) in [5.74, 6) is -2.93. The molecule has 8 aromatic carbocycles. The van der Waals surface area contributed by atoms with E-state index in [0.717, 1.165) is 89.5 Å². The molecule has 2 radical (unpaired) electrons. The number of nitrogens with zero attached hydrogens (tertiary/aromatic N) is 8. The number of benzene rings is 8. The van der Waals surface area contributed by atoms with Gasteiger partial charge in [0, 0.05) is 29.9 Å². The molecule has 0 spiro atoms. The molecule has 11 nitrogen and oxygen atoms in total. The average molecular weight is 1500 g/mol. The van der Waals surface area contributed by atoms with E-state index in [4.69, 9.17) is 39.9 Å². The number of allylic oxidation sites excluding steroid dienone is 3. The smallest absolute Gasteiger partial charge is 0.657 e. The molecule has 109 heavy (non-hydrogen) atoms. The van der Waals surface area contributed by atoms with Gasteiger partial charge in [-0.2, -0.15) is 0 Å². The van der Waals surface area contributed by atoms with Crippen LogP contribution in [0.5, 0.6) is 0 Å². The first-order valence-corrected chi connectivity index (χ1v) is 36.3. The molecule has 10 heterocycles. The molecular weight excluding hydrogens is 1440 g/mol. The number of carbonyl (C=O) groups excluding carboxylic acids is 1. The van der Waals surface area contributed by atoms with Crippen LogP contribution in [0.3, 0.4) is 0 Å². The number of Topliss-reactive ketones (excluding diaryl/α,β-unsaturated/α-hetero) is 1. The largest absolute Gasteiger partial charge is 2.00 e. The van der Waals surface area contributed by atoms with Crippen LogP contribution in [-0.2, 0) is 38.9 Å². The molecule has 1 saturated carbocycles. The summed E-state index contributed by atoms with van der Waals surface area (Å²) in [5, 5.41) is 28.5. The van der Waals surface area contributed by atoms with Crippen LogP contribution in [-0.4, -0.2) is 48.1 Å². The quantitative estimate of drug-likeness (QED) is 0.132. The van der Waals surface area contributed by atoms with Gasteiger partial charge in [-0.1, -0.05) is 291 Å². The molecule has 14 aromatic rings. The van der Waals surface area contributed by atoms with E-state index in [-0.39, 0.29) is 39.9 Å². The standard InChI is InChI=1S/C96H63N8O3.2Cu/c1-95-88(86-87(94(95)106)92-82(61-38-22-8-23-39-61)74-52-48-70(101-74)78(57-30-14-4-15-31-57)66-43-42-65(97-66)77(56-28-12-3-13-29-56)69-47-51-73(100-69)81(91(86)103-92)60-36-20-7-21-37-60)84-63(54-105)96(95,107)89-85(84)90-80(59-34-18-6-19-35-59)72-50-46-68(99-72)76(55-26-10-2-11-27-55)64-44-45-67(98-64)79(58-32-16-5-17-33-58)71-49-53-75(102-71)83(93(89)104-90)62-40-24-9-25-41-62;;/h2-53,63,84,88,105,107H,54H2,1H3,(H-3,97,98,99,100,101,102,103,104,106);;/q-3;2*+2/p-1. The second-order valence-electron chi connectivity index (χ2n) is 28.5. The van der Waals surface area contributed by atoms with Crippen LogP contribution in [0.1, 0.15) is 52.5 Å². The van der Waals surface area contributed by atoms with E-state index in [1.807, 2.05) is 177 Å². The molecule has 13 heteroatoms. The molecule has 21 rings (SSSR count). The number of aliphatic hydroxyl groups excluding tert-OH is 1. The van der Waals surface area contributed by atoms with Crippen LogP contribution >= 0.6 is 0 Å². The number of hydrogen-bond acceptors (Lipinski definition) is 7. The Hall–Kier alpha value is -12.4. The molecule has 0 saturated heterocycles. The molecule has 5 atom stereocenters. The van der Waals surface area contributed by atoms with E-state index in [1.54, 1.807) is 0 Å². The Morgan fingerprint density at radius 1 is 0.321 bits per heavy atom. The van der Waals surface area contributed by atoms with Gasteiger partial charge in [0.25, 0.3) is 0 Å². The van der Waals surface area contributed by atoms with Crippen molar-refractivity contribution in [3.05, 3.63) is 337 Å². The summed E-state index contributed by atoms with van der Waals surface area (Å²) in [5.41, 5.74) is 21.4. The second kappa shape index (κ2) is 26.2. The minimum absolute atomic E-state index is 0. The van der Waals surface area contributed by atoms with E-state index < -0.39 is 35.4 Å². The molecule has 4 aliphatic heterocycles. The molecule has 2 N–H and O–H groups in total. The summed E-state index contributed by atoms with van der Waals surface area (Å²) >= 11 is 0. The minimum atomic E-state index is -2.14. The van der Waals surface area contributed by atoms with Gasteiger partial charge in [0.15, 0.2) is 5.78 Å². The Kier molecular flexibility index (Phi) is 16.2. The summed E-state index contributed by atoms with van der Waals surface area (Å²) in [7, 11) is 0. The number of carbonyl (C=O) groups is 1. The maximum absolute atomic E-state index is 17.9. The third kappa shape index (κ3) is 10.1. The van der Waals surface area contributed by atoms with Gasteiger partial charge in [-0.05, 0) is 131 Å². The fourth-order valence-corrected chi connectivity index (χ4v) is 18.5. The van der Waals surface area contributed by atoms with E-state index in [0.29, 0.717) is 111 Å². The number of fused-ring (bicyclic) bond motifs is 28. The Morgan fingerprint density at radius 3 is 0.862 bits per heavy atom. The summed E-state index contributed by atoms with van der Waals surface area (Å²) in [6.45, 7) is 1.45. The molecular formula is C96H62Cu2N8O3. The van der Waals surface area contributed by atoms with Gasteiger partial charge < -0.3 is 30.1 Å². The van der Waals surface area contributed by atoms with Gasteiger partial charge in [0.1, 0.15) is 5.60 Å². The van der Waals surface area contributed by atoms with E-state index >= 15 is 9.90 Å². The van der Waals surface area contributed by atoms with Gasteiger partial charge in [-0.3, -0.25) is 4.79 Å². The zero-order chi connectivity index (χ0) is 71.2. The number of aromatic nitrogens is 8. The summed E-state index contributed by atoms with van der Waals surface area (Å²) in [6.07, 6.45) is 8.29. The van der Waals surface area contributed by atoms with Crippen molar-refractivity contribution in [1.29, 1.82) is 0 Å². The summed E-state index contributed by atoms with van der Waals surface area (Å²) in [6, 6.07) is 98.1. The summed E-state index contributed by atoms with van der Waals surface area (Å²) in [4.78, 5) is 63.9. The van der Waals surface area contributed by atoms with Crippen molar-refractivity contribution in [1.82, 2.24) is 39.9 Å². The minimum Gasteiger partial charge on any atom is -0.657 e. The van der Waals surface area contributed by atoms with Crippen molar-refractivity contribution in [2.24, 2.45) is 23.2 Å². The van der Waals surface area contributed by atoms with Crippen LogP contribution in [0, 0.1) is 23.2 Å². The molecule has 7 aliphatic rings. The molecule has 0 amide bonds. The first-order chi connectivity index (χ1) is 52.7. The first kappa shape index (κ1) is 67.2. The fourth-order valence-electron chi connectivity index (χ4n) is 18.5. The van der Waals surface area contributed by atoms with Gasteiger partial charge in [-0.25, -0.2) is 19.9 Å². The second-order valence-corrected chi connectivity index (χ2v) is 28.5. The van der Waals surface area contributed by atoms with Gasteiger partial charge >= 0.3 is 34.1 Å². The fraction of sp³-hybridized carbons (Fsp3) is 0.0729. The zero-order valence-electron chi connectivity index (χ0n) is 58.4. The van der Waals surface area contributed by atoms with Crippen molar-refractivity contribution in [3.63, 3.8) is 0 Å². The number of rotatable bonds is 9. The van der Waals surface area contributed by atoms with Crippen LogP contribution in [0.4, 0.5) is 0 Å². The molecule has 1 fully saturated rings. The molecule has 526 valence electrons. The van der Waals surface area contributed by atoms with Crippen LogP contribution in [0.2, 0.25) is 0 Å². The van der Waals surface area contributed by atoms with Crippen molar-refractivity contribution >= 4 is 96.5 Å². The van der Waals surface area contributed by atoms with E-state index in [9.17, 15) is 5.11 Å². The Balaban J connectivity index is 0.00000403. The predicted molar refractivity (Wildman–Crippen MR) is 428 cm³/mol. The molecule has 18 bridgehead atoms. The maximum Gasteiger partial charge on any atom is 2.00 e. The topological polar surface area (TPSA) is 165 Å². The average Bonchev–Trinajstić information content (AvgIpc) is 1.45. The van der Waals surface area contributed by atoms with Gasteiger partial charge in [0.2, 0.25) is 0 Å². The summed E-state index contributed by atoms with van der Waals surface area (Å²) < 4.78 is 0. The third-order valence-corrected chi connectivity index (χ3v) is 23.0. The number of ketones is 1. The monoisotopic (exact) mass is 1500 g/mol. The van der Waals surface area contributed by atoms with Crippen molar-refractivity contribution in [2.75, 3.05) is 6.61 Å². The Morgan fingerprint density at radius 2 is 0.569 bits per heavy atom. The maximum atomic E-state index is 17.9. The molecule has 3 aliphatic carbocycles. The van der Waals surface area contributed by atoms with Crippen molar-refractivity contribution in [3.8, 4) is 89.0 Å². The number of hydrogen-bond donors (Lipinski definition) is 2. The van der Waals surface area contributed by atoms with E-state index in [1.165, 1.54) is 0 Å².